The molecule has 1 aromatic carbocycles. The molecule has 0 amide bonds. The van der Waals surface area contributed by atoms with Crippen LogP contribution in [0.15, 0.2) is 51.1 Å². The van der Waals surface area contributed by atoms with E-state index in [0.29, 0.717) is 29.4 Å². The van der Waals surface area contributed by atoms with Crippen molar-refractivity contribution >= 4 is 17.4 Å². The van der Waals surface area contributed by atoms with Gasteiger partial charge in [0.2, 0.25) is 0 Å². The summed E-state index contributed by atoms with van der Waals surface area (Å²) >= 11 is 0.870. The van der Waals surface area contributed by atoms with E-state index < -0.39 is 22.4 Å². The molecular weight excluding hydrogens is 373 g/mol. The molecule has 0 spiro atoms. The summed E-state index contributed by atoms with van der Waals surface area (Å²) in [6.07, 6.45) is -3.19. The third-order valence-electron chi connectivity index (χ3n) is 3.46. The molecule has 0 N–H and O–H groups in total. The molecule has 0 unspecified atom stereocenters. The molecule has 26 heavy (non-hydrogen) atoms. The van der Waals surface area contributed by atoms with Crippen molar-refractivity contribution < 1.29 is 22.5 Å². The Labute approximate surface area is 149 Å². The fourth-order valence-corrected chi connectivity index (χ4v) is 3.24. The molecule has 136 valence electrons. The van der Waals surface area contributed by atoms with Crippen molar-refractivity contribution in [2.24, 2.45) is 0 Å². The first-order valence-electron chi connectivity index (χ1n) is 7.31. The lowest BCUT2D eigenvalue weighted by atomic mass is 10.2. The van der Waals surface area contributed by atoms with E-state index in [1.165, 1.54) is 6.26 Å². The lowest BCUT2D eigenvalue weighted by Gasteiger charge is -2.09. The van der Waals surface area contributed by atoms with Gasteiger partial charge in [0.25, 0.3) is 5.69 Å². The van der Waals surface area contributed by atoms with Crippen LogP contribution in [0.5, 0.6) is 0 Å². The number of nitro groups is 1. The molecule has 0 aliphatic carbocycles. The average Bonchev–Trinajstić information content (AvgIpc) is 3.22. The highest BCUT2D eigenvalue weighted by atomic mass is 32.2. The molecule has 0 bridgehead atoms. The maximum absolute atomic E-state index is 12.8. The first kappa shape index (κ1) is 18.0. The van der Waals surface area contributed by atoms with Crippen molar-refractivity contribution in [2.75, 3.05) is 0 Å². The summed E-state index contributed by atoms with van der Waals surface area (Å²) in [6, 6.07) is 5.74. The number of hydrogen-bond donors (Lipinski definition) is 0. The van der Waals surface area contributed by atoms with E-state index in [-0.39, 0.29) is 4.90 Å². The maximum Gasteiger partial charge on any atom is 0.416 e. The molecule has 0 saturated heterocycles. The minimum atomic E-state index is -4.66. The Kier molecular flexibility index (Phi) is 4.72. The number of rotatable bonds is 5. The van der Waals surface area contributed by atoms with Gasteiger partial charge in [-0.25, -0.2) is 0 Å². The van der Waals surface area contributed by atoms with E-state index >= 15 is 0 Å². The Morgan fingerprint density at radius 3 is 2.65 bits per heavy atom. The van der Waals surface area contributed by atoms with E-state index in [2.05, 4.69) is 10.2 Å². The van der Waals surface area contributed by atoms with Crippen LogP contribution in [0.4, 0.5) is 18.9 Å². The number of nitro benzene ring substituents is 1. The number of aromatic nitrogens is 3. The normalized spacial score (nSPS) is 11.7. The van der Waals surface area contributed by atoms with Crippen LogP contribution in [-0.2, 0) is 12.7 Å². The quantitative estimate of drug-likeness (QED) is 0.471. The Morgan fingerprint density at radius 1 is 1.31 bits per heavy atom. The Morgan fingerprint density at radius 2 is 2.08 bits per heavy atom. The zero-order valence-corrected chi connectivity index (χ0v) is 14.0. The van der Waals surface area contributed by atoms with Crippen LogP contribution < -0.4 is 0 Å². The van der Waals surface area contributed by atoms with Crippen molar-refractivity contribution in [3.8, 4) is 11.6 Å². The summed E-state index contributed by atoms with van der Waals surface area (Å²) in [7, 11) is 0. The standard InChI is InChI=1S/C15H11F3N4O3S/c1-2-21-13(11-4-3-7-25-11)19-20-14(21)26-12-6-5-9(15(16,17)18)8-10(12)22(23)24/h3-8H,2H2,1H3. The van der Waals surface area contributed by atoms with Gasteiger partial charge in [-0.1, -0.05) is 0 Å². The predicted molar refractivity (Wildman–Crippen MR) is 85.6 cm³/mol. The summed E-state index contributed by atoms with van der Waals surface area (Å²) in [4.78, 5) is 10.4. The highest BCUT2D eigenvalue weighted by Crippen LogP contribution is 2.39. The number of hydrogen-bond acceptors (Lipinski definition) is 6. The van der Waals surface area contributed by atoms with Crippen molar-refractivity contribution in [3.63, 3.8) is 0 Å². The van der Waals surface area contributed by atoms with Crippen LogP contribution in [0.3, 0.4) is 0 Å². The molecule has 2 aromatic heterocycles. The van der Waals surface area contributed by atoms with Gasteiger partial charge in [-0.3, -0.25) is 14.7 Å². The Bertz CT molecular complexity index is 938. The lowest BCUT2D eigenvalue weighted by molar-refractivity contribution is -0.388. The van der Waals surface area contributed by atoms with Crippen LogP contribution in [0.2, 0.25) is 0 Å². The summed E-state index contributed by atoms with van der Waals surface area (Å²) < 4.78 is 45.3. The monoisotopic (exact) mass is 384 g/mol. The molecule has 11 heteroatoms. The number of alkyl halides is 3. The molecule has 7 nitrogen and oxygen atoms in total. The molecule has 0 aliphatic rings. The molecular formula is C15H11F3N4O3S. The Hall–Kier alpha value is -2.82. The number of halogens is 3. The third-order valence-corrected chi connectivity index (χ3v) is 4.51. The summed E-state index contributed by atoms with van der Waals surface area (Å²) in [5.41, 5.74) is -1.73. The molecule has 0 atom stereocenters. The lowest BCUT2D eigenvalue weighted by Crippen LogP contribution is -2.06. The highest BCUT2D eigenvalue weighted by Gasteiger charge is 2.33. The minimum absolute atomic E-state index is 0.0381. The van der Waals surface area contributed by atoms with Gasteiger partial charge >= 0.3 is 6.18 Å². The largest absolute Gasteiger partial charge is 0.461 e. The SMILES string of the molecule is CCn1c(Sc2ccc(C(F)(F)F)cc2[N+](=O)[O-])nnc1-c1ccco1. The first-order chi connectivity index (χ1) is 12.3. The van der Waals surface area contributed by atoms with Crippen LogP contribution >= 0.6 is 11.8 Å². The van der Waals surface area contributed by atoms with Crippen LogP contribution in [-0.4, -0.2) is 19.7 Å². The first-order valence-corrected chi connectivity index (χ1v) is 8.13. The third kappa shape index (κ3) is 3.43. The van der Waals surface area contributed by atoms with Crippen molar-refractivity contribution in [1.29, 1.82) is 0 Å². The molecule has 3 rings (SSSR count). The van der Waals surface area contributed by atoms with Crippen molar-refractivity contribution in [3.05, 3.63) is 52.3 Å². The minimum Gasteiger partial charge on any atom is -0.461 e. The molecule has 3 aromatic rings. The fraction of sp³-hybridized carbons (Fsp3) is 0.200. The van der Waals surface area contributed by atoms with Gasteiger partial charge in [0.05, 0.1) is 21.6 Å². The second-order valence-corrected chi connectivity index (χ2v) is 6.08. The molecule has 0 fully saturated rings. The van der Waals surface area contributed by atoms with Gasteiger partial charge in [-0.2, -0.15) is 13.2 Å². The van der Waals surface area contributed by atoms with Gasteiger partial charge in [-0.05, 0) is 43.0 Å². The molecule has 0 radical (unpaired) electrons. The van der Waals surface area contributed by atoms with Gasteiger partial charge in [0.15, 0.2) is 16.7 Å². The summed E-state index contributed by atoms with van der Waals surface area (Å²) in [5, 5.41) is 19.5. The van der Waals surface area contributed by atoms with E-state index in [4.69, 9.17) is 4.42 Å². The van der Waals surface area contributed by atoms with Gasteiger partial charge in [0, 0.05) is 12.6 Å². The van der Waals surface area contributed by atoms with Crippen molar-refractivity contribution in [1.82, 2.24) is 14.8 Å². The van der Waals surface area contributed by atoms with E-state index in [0.717, 1.165) is 23.9 Å². The molecule has 0 aliphatic heterocycles. The topological polar surface area (TPSA) is 87.0 Å². The number of benzene rings is 1. The second kappa shape index (κ2) is 6.83. The number of furan rings is 1. The summed E-state index contributed by atoms with van der Waals surface area (Å²) in [5.74, 6) is 0.891. The molecule has 2 heterocycles. The van der Waals surface area contributed by atoms with Crippen molar-refractivity contribution in [2.45, 2.75) is 29.7 Å². The van der Waals surface area contributed by atoms with Crippen LogP contribution in [0, 0.1) is 10.1 Å². The average molecular weight is 384 g/mol. The smallest absolute Gasteiger partial charge is 0.416 e. The van der Waals surface area contributed by atoms with Crippen LogP contribution in [0.1, 0.15) is 12.5 Å². The highest BCUT2D eigenvalue weighted by molar-refractivity contribution is 7.99. The second-order valence-electron chi connectivity index (χ2n) is 5.07. The summed E-state index contributed by atoms with van der Waals surface area (Å²) in [6.45, 7) is 2.26. The fourth-order valence-electron chi connectivity index (χ4n) is 2.26. The zero-order chi connectivity index (χ0) is 18.9. The van der Waals surface area contributed by atoms with E-state index in [9.17, 15) is 23.3 Å². The van der Waals surface area contributed by atoms with Gasteiger partial charge in [0.1, 0.15) is 0 Å². The van der Waals surface area contributed by atoms with E-state index in [1.807, 2.05) is 6.92 Å². The Balaban J connectivity index is 2.00. The zero-order valence-electron chi connectivity index (χ0n) is 13.2. The molecule has 0 saturated carbocycles. The number of nitrogens with zero attached hydrogens (tertiary/aromatic N) is 4. The van der Waals surface area contributed by atoms with Gasteiger partial charge < -0.3 is 4.42 Å². The van der Waals surface area contributed by atoms with Crippen LogP contribution in [0.25, 0.3) is 11.6 Å². The van der Waals surface area contributed by atoms with Gasteiger partial charge in [-0.15, -0.1) is 10.2 Å². The maximum atomic E-state index is 12.8. The predicted octanol–water partition coefficient (Wildman–Crippen LogP) is 4.64. The van der Waals surface area contributed by atoms with E-state index in [1.54, 1.807) is 16.7 Å².